The van der Waals surface area contributed by atoms with E-state index in [1.54, 1.807) is 23.5 Å². The molecule has 0 spiro atoms. The van der Waals surface area contributed by atoms with Crippen LogP contribution in [-0.2, 0) is 17.6 Å². The number of thiophene rings is 1. The third-order valence-corrected chi connectivity index (χ3v) is 6.48. The number of fused-ring (bicyclic) bond motifs is 2. The van der Waals surface area contributed by atoms with Gasteiger partial charge in [0.25, 0.3) is 5.91 Å². The Morgan fingerprint density at radius 1 is 1.28 bits per heavy atom. The highest BCUT2D eigenvalue weighted by Gasteiger charge is 2.30. The Balaban J connectivity index is 1.49. The molecule has 3 aromatic rings. The van der Waals surface area contributed by atoms with Gasteiger partial charge in [-0.1, -0.05) is 20.3 Å². The molecule has 5 nitrogen and oxygen atoms in total. The summed E-state index contributed by atoms with van der Waals surface area (Å²) in [6.07, 6.45) is 3.55. The molecule has 0 aliphatic carbocycles. The summed E-state index contributed by atoms with van der Waals surface area (Å²) in [7, 11) is 0. The molecule has 1 amide bonds. The standard InChI is InChI=1S/C23H25NO4S/c1-3-5-15-12-23(26)28-20-13-16(6-7-17(15)20)27-14-22(25)24-10-8-21-18(9-11-29-21)19(24)4-2/h6-7,9,11-13,19H,3-5,8,10,14H2,1-2H3. The van der Waals surface area contributed by atoms with Crippen LogP contribution in [0.15, 0.2) is 44.9 Å². The average Bonchev–Trinajstić information content (AvgIpc) is 3.20. The monoisotopic (exact) mass is 411 g/mol. The number of hydrogen-bond donors (Lipinski definition) is 0. The highest BCUT2D eigenvalue weighted by Crippen LogP contribution is 2.35. The van der Waals surface area contributed by atoms with E-state index in [1.165, 1.54) is 10.4 Å². The topological polar surface area (TPSA) is 59.8 Å². The lowest BCUT2D eigenvalue weighted by molar-refractivity contribution is -0.136. The summed E-state index contributed by atoms with van der Waals surface area (Å²) in [5.74, 6) is 0.513. The van der Waals surface area contributed by atoms with Gasteiger partial charge in [0.15, 0.2) is 6.61 Å². The van der Waals surface area contributed by atoms with Gasteiger partial charge >= 0.3 is 5.63 Å². The molecule has 1 aliphatic heterocycles. The molecule has 0 fully saturated rings. The van der Waals surface area contributed by atoms with Gasteiger partial charge in [0.05, 0.1) is 6.04 Å². The van der Waals surface area contributed by atoms with E-state index in [-0.39, 0.29) is 24.2 Å². The number of nitrogens with zero attached hydrogens (tertiary/aromatic N) is 1. The van der Waals surface area contributed by atoms with Crippen molar-refractivity contribution in [2.24, 2.45) is 0 Å². The van der Waals surface area contributed by atoms with E-state index in [4.69, 9.17) is 9.15 Å². The van der Waals surface area contributed by atoms with Gasteiger partial charge in [-0.3, -0.25) is 4.79 Å². The fourth-order valence-electron chi connectivity index (χ4n) is 4.14. The molecule has 1 aliphatic rings. The second-order valence-electron chi connectivity index (χ2n) is 7.35. The molecular weight excluding hydrogens is 386 g/mol. The Morgan fingerprint density at radius 3 is 2.93 bits per heavy atom. The molecule has 29 heavy (non-hydrogen) atoms. The zero-order chi connectivity index (χ0) is 20.4. The highest BCUT2D eigenvalue weighted by atomic mass is 32.1. The van der Waals surface area contributed by atoms with Gasteiger partial charge in [-0.25, -0.2) is 4.79 Å². The van der Waals surface area contributed by atoms with E-state index in [2.05, 4.69) is 25.3 Å². The van der Waals surface area contributed by atoms with E-state index in [9.17, 15) is 9.59 Å². The van der Waals surface area contributed by atoms with Crippen molar-refractivity contribution in [1.29, 1.82) is 0 Å². The molecule has 3 heterocycles. The van der Waals surface area contributed by atoms with Crippen LogP contribution < -0.4 is 10.4 Å². The maximum atomic E-state index is 12.9. The van der Waals surface area contributed by atoms with Crippen molar-refractivity contribution in [3.8, 4) is 5.75 Å². The summed E-state index contributed by atoms with van der Waals surface area (Å²) in [6, 6.07) is 9.24. The Morgan fingerprint density at radius 2 is 2.14 bits per heavy atom. The second-order valence-corrected chi connectivity index (χ2v) is 8.35. The number of carbonyl (C=O) groups excluding carboxylic acids is 1. The Bertz CT molecular complexity index is 1080. The molecule has 1 atom stereocenters. The number of rotatable bonds is 6. The summed E-state index contributed by atoms with van der Waals surface area (Å²) in [4.78, 5) is 28.0. The van der Waals surface area contributed by atoms with Gasteiger partial charge in [-0.2, -0.15) is 0 Å². The third kappa shape index (κ3) is 3.94. The number of aryl methyl sites for hydroxylation is 1. The maximum Gasteiger partial charge on any atom is 0.336 e. The third-order valence-electron chi connectivity index (χ3n) is 5.49. The van der Waals surface area contributed by atoms with Crippen molar-refractivity contribution < 1.29 is 13.9 Å². The van der Waals surface area contributed by atoms with Gasteiger partial charge in [0, 0.05) is 28.9 Å². The molecule has 0 radical (unpaired) electrons. The van der Waals surface area contributed by atoms with Gasteiger partial charge in [-0.05, 0) is 54.0 Å². The van der Waals surface area contributed by atoms with Crippen molar-refractivity contribution in [3.05, 3.63) is 62.1 Å². The number of hydrogen-bond acceptors (Lipinski definition) is 5. The largest absolute Gasteiger partial charge is 0.484 e. The zero-order valence-corrected chi connectivity index (χ0v) is 17.6. The van der Waals surface area contributed by atoms with Crippen LogP contribution in [0.25, 0.3) is 11.0 Å². The van der Waals surface area contributed by atoms with Crippen LogP contribution in [0.2, 0.25) is 0 Å². The number of amides is 1. The first-order valence-corrected chi connectivity index (χ1v) is 11.0. The molecule has 152 valence electrons. The van der Waals surface area contributed by atoms with Crippen LogP contribution in [0.3, 0.4) is 0 Å². The van der Waals surface area contributed by atoms with Crippen LogP contribution >= 0.6 is 11.3 Å². The fourth-order valence-corrected chi connectivity index (χ4v) is 5.07. The highest BCUT2D eigenvalue weighted by molar-refractivity contribution is 7.10. The lowest BCUT2D eigenvalue weighted by atomic mass is 9.98. The summed E-state index contributed by atoms with van der Waals surface area (Å²) in [5, 5.41) is 3.02. The number of carbonyl (C=O) groups is 1. The van der Waals surface area contributed by atoms with Crippen molar-refractivity contribution in [3.63, 3.8) is 0 Å². The summed E-state index contributed by atoms with van der Waals surface area (Å²) >= 11 is 1.77. The van der Waals surface area contributed by atoms with E-state index in [1.807, 2.05) is 17.0 Å². The van der Waals surface area contributed by atoms with Crippen molar-refractivity contribution in [2.75, 3.05) is 13.2 Å². The molecule has 0 N–H and O–H groups in total. The van der Waals surface area contributed by atoms with Crippen molar-refractivity contribution >= 4 is 28.2 Å². The number of benzene rings is 1. The molecule has 1 aromatic carbocycles. The Kier molecular flexibility index (Phi) is 5.72. The normalized spacial score (nSPS) is 16.1. The predicted octanol–water partition coefficient (Wildman–Crippen LogP) is 4.72. The second kappa shape index (κ2) is 8.41. The first kappa shape index (κ1) is 19.7. The van der Waals surface area contributed by atoms with E-state index in [0.717, 1.165) is 43.2 Å². The Hall–Kier alpha value is -2.60. The van der Waals surface area contributed by atoms with Gasteiger partial charge < -0.3 is 14.1 Å². The minimum atomic E-state index is -0.361. The van der Waals surface area contributed by atoms with Gasteiger partial charge in [-0.15, -0.1) is 11.3 Å². The first-order valence-electron chi connectivity index (χ1n) is 10.2. The van der Waals surface area contributed by atoms with Crippen molar-refractivity contribution in [1.82, 2.24) is 4.90 Å². The lowest BCUT2D eigenvalue weighted by Gasteiger charge is -2.35. The van der Waals surface area contributed by atoms with Crippen LogP contribution in [0.5, 0.6) is 5.75 Å². The molecule has 0 saturated carbocycles. The van der Waals surface area contributed by atoms with E-state index >= 15 is 0 Å². The minimum absolute atomic E-state index is 0.0185. The lowest BCUT2D eigenvalue weighted by Crippen LogP contribution is -2.41. The van der Waals surface area contributed by atoms with Crippen LogP contribution in [0.4, 0.5) is 0 Å². The maximum absolute atomic E-state index is 12.9. The first-order chi connectivity index (χ1) is 14.1. The predicted molar refractivity (Wildman–Crippen MR) is 115 cm³/mol. The van der Waals surface area contributed by atoms with E-state index < -0.39 is 0 Å². The smallest absolute Gasteiger partial charge is 0.336 e. The van der Waals surface area contributed by atoms with Crippen LogP contribution in [0.1, 0.15) is 48.7 Å². The molecule has 6 heteroatoms. The molecule has 2 aromatic heterocycles. The van der Waals surface area contributed by atoms with Crippen LogP contribution in [0, 0.1) is 0 Å². The SMILES string of the molecule is CCCc1cc(=O)oc2cc(OCC(=O)N3CCc4sccc4C3CC)ccc12. The summed E-state index contributed by atoms with van der Waals surface area (Å²) in [5.41, 5.74) is 2.39. The van der Waals surface area contributed by atoms with Gasteiger partial charge in [0.2, 0.25) is 0 Å². The minimum Gasteiger partial charge on any atom is -0.484 e. The molecule has 1 unspecified atom stereocenters. The average molecular weight is 412 g/mol. The molecule has 0 saturated heterocycles. The van der Waals surface area contributed by atoms with Crippen LogP contribution in [-0.4, -0.2) is 24.0 Å². The fraction of sp³-hybridized carbons (Fsp3) is 0.391. The summed E-state index contributed by atoms with van der Waals surface area (Å²) < 4.78 is 11.1. The number of ether oxygens (including phenoxy) is 1. The molecular formula is C23H25NO4S. The quantitative estimate of drug-likeness (QED) is 0.551. The summed E-state index contributed by atoms with van der Waals surface area (Å²) in [6.45, 7) is 4.88. The zero-order valence-electron chi connectivity index (χ0n) is 16.8. The van der Waals surface area contributed by atoms with Crippen molar-refractivity contribution in [2.45, 2.75) is 45.6 Å². The van der Waals surface area contributed by atoms with Gasteiger partial charge in [0.1, 0.15) is 11.3 Å². The molecule has 0 bridgehead atoms. The van der Waals surface area contributed by atoms with E-state index in [0.29, 0.717) is 11.3 Å². The molecule has 4 rings (SSSR count). The Labute approximate surface area is 173 Å².